The smallest absolute Gasteiger partial charge is 0.272 e. The molecule has 0 saturated heterocycles. The van der Waals surface area contributed by atoms with Crippen LogP contribution in [0.1, 0.15) is 27.3 Å². The SMILES string of the molecule is O=C(NCc1ccccc1)c1n[nH]c2c1CNCC2. The van der Waals surface area contributed by atoms with Crippen LogP contribution >= 0.6 is 0 Å². The summed E-state index contributed by atoms with van der Waals surface area (Å²) in [7, 11) is 0. The number of carbonyl (C=O) groups is 1. The van der Waals surface area contributed by atoms with Crippen molar-refractivity contribution in [1.29, 1.82) is 0 Å². The van der Waals surface area contributed by atoms with Crippen LogP contribution in [-0.4, -0.2) is 22.6 Å². The Kier molecular flexibility index (Phi) is 3.29. The van der Waals surface area contributed by atoms with Gasteiger partial charge in [-0.05, 0) is 5.56 Å². The van der Waals surface area contributed by atoms with Crippen molar-refractivity contribution in [3.05, 3.63) is 52.8 Å². The molecule has 0 saturated carbocycles. The Hall–Kier alpha value is -2.14. The van der Waals surface area contributed by atoms with Crippen LogP contribution in [-0.2, 0) is 19.5 Å². The average molecular weight is 256 g/mol. The number of hydrogen-bond acceptors (Lipinski definition) is 3. The molecule has 5 heteroatoms. The third kappa shape index (κ3) is 2.51. The molecule has 2 aromatic rings. The van der Waals surface area contributed by atoms with Crippen LogP contribution in [0.25, 0.3) is 0 Å². The molecule has 1 aliphatic heterocycles. The lowest BCUT2D eigenvalue weighted by atomic mass is 10.1. The zero-order chi connectivity index (χ0) is 13.1. The molecule has 19 heavy (non-hydrogen) atoms. The Balaban J connectivity index is 1.69. The van der Waals surface area contributed by atoms with Crippen LogP contribution in [0.3, 0.4) is 0 Å². The quantitative estimate of drug-likeness (QED) is 0.767. The molecule has 3 rings (SSSR count). The summed E-state index contributed by atoms with van der Waals surface area (Å²) < 4.78 is 0. The molecule has 5 nitrogen and oxygen atoms in total. The lowest BCUT2D eigenvalue weighted by molar-refractivity contribution is 0.0944. The van der Waals surface area contributed by atoms with Gasteiger partial charge in [0.25, 0.3) is 5.91 Å². The molecule has 1 amide bonds. The summed E-state index contributed by atoms with van der Waals surface area (Å²) in [6, 6.07) is 9.86. The molecule has 1 aromatic heterocycles. The number of carbonyl (C=O) groups excluding carboxylic acids is 1. The van der Waals surface area contributed by atoms with E-state index in [0.29, 0.717) is 18.8 Å². The van der Waals surface area contributed by atoms with Gasteiger partial charge in [-0.25, -0.2) is 0 Å². The van der Waals surface area contributed by atoms with E-state index >= 15 is 0 Å². The van der Waals surface area contributed by atoms with Crippen LogP contribution in [0, 0.1) is 0 Å². The van der Waals surface area contributed by atoms with Gasteiger partial charge in [0.15, 0.2) is 5.69 Å². The molecule has 0 aliphatic carbocycles. The van der Waals surface area contributed by atoms with Crippen LogP contribution in [0.4, 0.5) is 0 Å². The number of H-pyrrole nitrogens is 1. The van der Waals surface area contributed by atoms with Gasteiger partial charge in [-0.1, -0.05) is 30.3 Å². The van der Waals surface area contributed by atoms with Gasteiger partial charge in [0.05, 0.1) is 0 Å². The maximum Gasteiger partial charge on any atom is 0.272 e. The van der Waals surface area contributed by atoms with Crippen LogP contribution in [0.15, 0.2) is 30.3 Å². The van der Waals surface area contributed by atoms with Crippen LogP contribution in [0.2, 0.25) is 0 Å². The number of nitrogens with one attached hydrogen (secondary N) is 3. The molecule has 2 heterocycles. The number of amides is 1. The number of nitrogens with zero attached hydrogens (tertiary/aromatic N) is 1. The largest absolute Gasteiger partial charge is 0.347 e. The Morgan fingerprint density at radius 2 is 2.16 bits per heavy atom. The Morgan fingerprint density at radius 3 is 3.00 bits per heavy atom. The minimum absolute atomic E-state index is 0.120. The molecule has 0 radical (unpaired) electrons. The predicted molar refractivity (Wildman–Crippen MR) is 71.6 cm³/mol. The van der Waals surface area contributed by atoms with Crippen LogP contribution in [0.5, 0.6) is 0 Å². The molecule has 0 unspecified atom stereocenters. The number of fused-ring (bicyclic) bond motifs is 1. The van der Waals surface area contributed by atoms with Crippen molar-refractivity contribution in [1.82, 2.24) is 20.8 Å². The summed E-state index contributed by atoms with van der Waals surface area (Å²) in [6.07, 6.45) is 0.897. The average Bonchev–Trinajstić information content (AvgIpc) is 2.90. The van der Waals surface area contributed by atoms with Crippen molar-refractivity contribution in [2.24, 2.45) is 0 Å². The van der Waals surface area contributed by atoms with Gasteiger partial charge in [0.2, 0.25) is 0 Å². The Morgan fingerprint density at radius 1 is 1.32 bits per heavy atom. The zero-order valence-corrected chi connectivity index (χ0v) is 10.6. The number of aromatic amines is 1. The molecular formula is C14H16N4O. The van der Waals surface area contributed by atoms with Gasteiger partial charge in [-0.15, -0.1) is 0 Å². The molecule has 98 valence electrons. The van der Waals surface area contributed by atoms with Crippen molar-refractivity contribution in [2.45, 2.75) is 19.5 Å². The number of aromatic nitrogens is 2. The van der Waals surface area contributed by atoms with E-state index < -0.39 is 0 Å². The van der Waals surface area contributed by atoms with Gasteiger partial charge in [0, 0.05) is 37.3 Å². The predicted octanol–water partition coefficient (Wildman–Crippen LogP) is 0.985. The number of benzene rings is 1. The molecule has 0 atom stereocenters. The van der Waals surface area contributed by atoms with Crippen LogP contribution < -0.4 is 10.6 Å². The minimum Gasteiger partial charge on any atom is -0.347 e. The van der Waals surface area contributed by atoms with Crippen molar-refractivity contribution in [3.8, 4) is 0 Å². The fourth-order valence-corrected chi connectivity index (χ4v) is 2.27. The van der Waals surface area contributed by atoms with E-state index in [2.05, 4.69) is 20.8 Å². The molecular weight excluding hydrogens is 240 g/mol. The van der Waals surface area contributed by atoms with Gasteiger partial charge in [0.1, 0.15) is 0 Å². The van der Waals surface area contributed by atoms with E-state index in [9.17, 15) is 4.79 Å². The molecule has 0 bridgehead atoms. The van der Waals surface area contributed by atoms with Gasteiger partial charge in [-0.2, -0.15) is 5.10 Å². The Labute approximate surface area is 111 Å². The first-order valence-corrected chi connectivity index (χ1v) is 6.43. The highest BCUT2D eigenvalue weighted by molar-refractivity contribution is 5.93. The van der Waals surface area contributed by atoms with Crippen molar-refractivity contribution in [3.63, 3.8) is 0 Å². The van der Waals surface area contributed by atoms with Gasteiger partial charge < -0.3 is 10.6 Å². The standard InChI is InChI=1S/C14H16N4O/c19-14(16-8-10-4-2-1-3-5-10)13-11-9-15-7-6-12(11)17-18-13/h1-5,15H,6-9H2,(H,16,19)(H,17,18). The summed E-state index contributed by atoms with van der Waals surface area (Å²) in [5.74, 6) is -0.120. The highest BCUT2D eigenvalue weighted by Crippen LogP contribution is 2.15. The lowest BCUT2D eigenvalue weighted by Gasteiger charge is -2.12. The molecule has 3 N–H and O–H groups in total. The van der Waals surface area contributed by atoms with E-state index in [-0.39, 0.29) is 5.91 Å². The molecule has 1 aliphatic rings. The third-order valence-electron chi connectivity index (χ3n) is 3.32. The fraction of sp³-hybridized carbons (Fsp3) is 0.286. The monoisotopic (exact) mass is 256 g/mol. The second kappa shape index (κ2) is 5.24. The summed E-state index contributed by atoms with van der Waals surface area (Å²) >= 11 is 0. The first-order valence-electron chi connectivity index (χ1n) is 6.43. The van der Waals surface area contributed by atoms with E-state index in [0.717, 1.165) is 29.8 Å². The lowest BCUT2D eigenvalue weighted by Crippen LogP contribution is -2.28. The third-order valence-corrected chi connectivity index (χ3v) is 3.32. The first kappa shape index (κ1) is 11.9. The topological polar surface area (TPSA) is 69.8 Å². The second-order valence-corrected chi connectivity index (χ2v) is 4.62. The Bertz CT molecular complexity index is 576. The van der Waals surface area contributed by atoms with Gasteiger partial charge in [-0.3, -0.25) is 9.89 Å². The van der Waals surface area contributed by atoms with E-state index in [4.69, 9.17) is 0 Å². The maximum absolute atomic E-state index is 12.1. The van der Waals surface area contributed by atoms with E-state index in [1.165, 1.54) is 0 Å². The second-order valence-electron chi connectivity index (χ2n) is 4.62. The number of hydrogen-bond donors (Lipinski definition) is 3. The summed E-state index contributed by atoms with van der Waals surface area (Å²) in [5, 5.41) is 13.2. The summed E-state index contributed by atoms with van der Waals surface area (Å²) in [6.45, 7) is 2.16. The highest BCUT2D eigenvalue weighted by Gasteiger charge is 2.21. The van der Waals surface area contributed by atoms with Crippen molar-refractivity contribution < 1.29 is 4.79 Å². The molecule has 0 spiro atoms. The molecule has 1 aromatic carbocycles. The number of rotatable bonds is 3. The fourth-order valence-electron chi connectivity index (χ4n) is 2.27. The molecule has 0 fully saturated rings. The van der Waals surface area contributed by atoms with E-state index in [1.807, 2.05) is 30.3 Å². The summed E-state index contributed by atoms with van der Waals surface area (Å²) in [5.41, 5.74) is 3.66. The maximum atomic E-state index is 12.1. The first-order chi connectivity index (χ1) is 9.34. The normalized spacial score (nSPS) is 13.9. The summed E-state index contributed by atoms with van der Waals surface area (Å²) in [4.78, 5) is 12.1. The van der Waals surface area contributed by atoms with Gasteiger partial charge >= 0.3 is 0 Å². The van der Waals surface area contributed by atoms with E-state index in [1.54, 1.807) is 0 Å². The van der Waals surface area contributed by atoms with Crippen molar-refractivity contribution in [2.75, 3.05) is 6.54 Å². The minimum atomic E-state index is -0.120. The zero-order valence-electron chi connectivity index (χ0n) is 10.6. The highest BCUT2D eigenvalue weighted by atomic mass is 16.1. The van der Waals surface area contributed by atoms with Crippen molar-refractivity contribution >= 4 is 5.91 Å².